The van der Waals surface area contributed by atoms with Crippen LogP contribution in [0, 0.1) is 0 Å². The van der Waals surface area contributed by atoms with Gasteiger partial charge in [0.1, 0.15) is 0 Å². The first-order chi connectivity index (χ1) is 15.8. The van der Waals surface area contributed by atoms with E-state index in [0.717, 1.165) is 0 Å². The summed E-state index contributed by atoms with van der Waals surface area (Å²) in [5, 5.41) is 0.749. The van der Waals surface area contributed by atoms with Crippen LogP contribution in [0.15, 0.2) is 119 Å². The van der Waals surface area contributed by atoms with E-state index in [1.54, 1.807) is 0 Å². The molecule has 2 heterocycles. The zero-order valence-electron chi connectivity index (χ0n) is 17.5. The fourth-order valence-corrected chi connectivity index (χ4v) is 6.58. The maximum absolute atomic E-state index is 2.31. The average Bonchev–Trinajstić information content (AvgIpc) is 2.88. The summed E-state index contributed by atoms with van der Waals surface area (Å²) in [5.41, 5.74) is 7.87. The molecule has 0 N–H and O–H groups in total. The second kappa shape index (κ2) is 8.54. The molecule has 0 fully saturated rings. The molecule has 0 bridgehead atoms. The minimum absolute atomic E-state index is 0.374. The maximum atomic E-state index is 2.31. The number of fused-ring (bicyclic) bond motifs is 2. The minimum atomic E-state index is 0.374. The van der Waals surface area contributed by atoms with Gasteiger partial charge in [-0.15, -0.1) is 23.5 Å². The average molecular weight is 447 g/mol. The van der Waals surface area contributed by atoms with Gasteiger partial charge in [-0.05, 0) is 45.5 Å². The molecule has 32 heavy (non-hydrogen) atoms. The van der Waals surface area contributed by atoms with Gasteiger partial charge in [-0.2, -0.15) is 0 Å². The fourth-order valence-electron chi connectivity index (χ4n) is 4.27. The van der Waals surface area contributed by atoms with Crippen molar-refractivity contribution in [3.05, 3.63) is 131 Å². The lowest BCUT2D eigenvalue weighted by atomic mass is 10.00. The Morgan fingerprint density at radius 3 is 1.28 bits per heavy atom. The van der Waals surface area contributed by atoms with E-state index < -0.39 is 0 Å². The van der Waals surface area contributed by atoms with E-state index in [1.165, 1.54) is 43.2 Å². The first-order valence-electron chi connectivity index (χ1n) is 10.9. The highest BCUT2D eigenvalue weighted by Crippen LogP contribution is 2.44. The first kappa shape index (κ1) is 19.7. The highest BCUT2D eigenvalue weighted by molar-refractivity contribution is 8.00. The predicted octanol–water partition coefficient (Wildman–Crippen LogP) is 9.07. The molecule has 0 amide bonds. The summed E-state index contributed by atoms with van der Waals surface area (Å²) in [5.74, 6) is 0. The summed E-state index contributed by atoms with van der Waals surface area (Å²) < 4.78 is 0. The van der Waals surface area contributed by atoms with Gasteiger partial charge in [0.15, 0.2) is 0 Å². The van der Waals surface area contributed by atoms with Gasteiger partial charge in [0.05, 0.1) is 10.5 Å². The van der Waals surface area contributed by atoms with Crippen LogP contribution in [0.2, 0.25) is 0 Å². The van der Waals surface area contributed by atoms with Crippen LogP contribution in [0.4, 0.5) is 0 Å². The van der Waals surface area contributed by atoms with Crippen molar-refractivity contribution in [3.63, 3.8) is 0 Å². The molecule has 0 aromatic heterocycles. The van der Waals surface area contributed by atoms with Crippen molar-refractivity contribution in [1.82, 2.24) is 0 Å². The Labute approximate surface area is 198 Å². The molecule has 0 saturated carbocycles. The Bertz CT molecular complexity index is 1210. The van der Waals surface area contributed by atoms with Gasteiger partial charge in [0.25, 0.3) is 0 Å². The van der Waals surface area contributed by atoms with Gasteiger partial charge < -0.3 is 0 Å². The van der Waals surface area contributed by atoms with E-state index in [2.05, 4.69) is 121 Å². The molecule has 0 radical (unpaired) electrons. The van der Waals surface area contributed by atoms with Crippen LogP contribution < -0.4 is 0 Å². The highest BCUT2D eigenvalue weighted by atomic mass is 32.2. The van der Waals surface area contributed by atoms with E-state index in [9.17, 15) is 0 Å². The van der Waals surface area contributed by atoms with Gasteiger partial charge in [-0.25, -0.2) is 0 Å². The molecule has 4 aromatic carbocycles. The molecular weight excluding hydrogens is 424 g/mol. The van der Waals surface area contributed by atoms with Gasteiger partial charge in [-0.1, -0.05) is 109 Å². The van der Waals surface area contributed by atoms with Gasteiger partial charge in [0, 0.05) is 9.79 Å². The second-order valence-corrected chi connectivity index (χ2v) is 10.5. The quantitative estimate of drug-likeness (QED) is 0.308. The maximum Gasteiger partial charge on any atom is 0.0528 e. The van der Waals surface area contributed by atoms with Crippen molar-refractivity contribution < 1.29 is 0 Å². The molecule has 2 aliphatic rings. The minimum Gasteiger partial charge on any atom is -0.113 e. The zero-order valence-corrected chi connectivity index (χ0v) is 19.2. The number of benzene rings is 4. The SMILES string of the molecule is C1=CC(c2ccc(-c3ccc(C4C=Cc5ccccc5S4)cc3)cc2)Sc2ccccc21. The van der Waals surface area contributed by atoms with Gasteiger partial charge in [-0.3, -0.25) is 0 Å². The van der Waals surface area contributed by atoms with Crippen molar-refractivity contribution in [2.24, 2.45) is 0 Å². The predicted molar refractivity (Wildman–Crippen MR) is 140 cm³/mol. The molecule has 6 rings (SSSR count). The number of rotatable bonds is 3. The lowest BCUT2D eigenvalue weighted by Crippen LogP contribution is -1.96. The van der Waals surface area contributed by atoms with E-state index >= 15 is 0 Å². The molecule has 2 aliphatic heterocycles. The van der Waals surface area contributed by atoms with Crippen LogP contribution in [0.5, 0.6) is 0 Å². The Morgan fingerprint density at radius 1 is 0.438 bits per heavy atom. The first-order valence-corrected chi connectivity index (χ1v) is 12.7. The number of thioether (sulfide) groups is 2. The third-order valence-electron chi connectivity index (χ3n) is 6.06. The number of hydrogen-bond acceptors (Lipinski definition) is 2. The van der Waals surface area contributed by atoms with Crippen LogP contribution in [-0.2, 0) is 0 Å². The van der Waals surface area contributed by atoms with Crippen molar-refractivity contribution >= 4 is 35.7 Å². The standard InChI is InChI=1S/C30H22S2/c1-3-7-27-23(5-1)17-19-29(31-27)25-13-9-21(10-14-25)22-11-15-26(16-12-22)30-20-18-24-6-2-4-8-28(24)32-30/h1-20,29-30H. The van der Waals surface area contributed by atoms with E-state index in [-0.39, 0.29) is 0 Å². The van der Waals surface area contributed by atoms with E-state index in [1.807, 2.05) is 23.5 Å². The molecule has 0 saturated heterocycles. The Hall–Kier alpha value is -2.94. The van der Waals surface area contributed by atoms with Crippen molar-refractivity contribution in [3.8, 4) is 11.1 Å². The molecule has 2 atom stereocenters. The fraction of sp³-hybridized carbons (Fsp3) is 0.0667. The Balaban J connectivity index is 1.18. The lowest BCUT2D eigenvalue weighted by molar-refractivity contribution is 1.20. The highest BCUT2D eigenvalue weighted by Gasteiger charge is 2.17. The molecule has 0 spiro atoms. The summed E-state index contributed by atoms with van der Waals surface area (Å²) >= 11 is 3.86. The summed E-state index contributed by atoms with van der Waals surface area (Å²) in [6.45, 7) is 0. The summed E-state index contributed by atoms with van der Waals surface area (Å²) in [6.07, 6.45) is 9.12. The molecule has 0 aliphatic carbocycles. The van der Waals surface area contributed by atoms with Crippen molar-refractivity contribution in [2.75, 3.05) is 0 Å². The molecule has 154 valence electrons. The van der Waals surface area contributed by atoms with Crippen LogP contribution in [0.3, 0.4) is 0 Å². The second-order valence-electron chi connectivity index (χ2n) is 8.11. The third kappa shape index (κ3) is 3.85. The van der Waals surface area contributed by atoms with Crippen LogP contribution in [-0.4, -0.2) is 0 Å². The van der Waals surface area contributed by atoms with Crippen LogP contribution in [0.25, 0.3) is 23.3 Å². The van der Waals surface area contributed by atoms with Crippen LogP contribution >= 0.6 is 23.5 Å². The largest absolute Gasteiger partial charge is 0.113 e. The monoisotopic (exact) mass is 446 g/mol. The molecule has 0 nitrogen and oxygen atoms in total. The normalized spacial score (nSPS) is 18.8. The summed E-state index contributed by atoms with van der Waals surface area (Å²) in [6, 6.07) is 35.4. The van der Waals surface area contributed by atoms with Crippen LogP contribution in [0.1, 0.15) is 32.8 Å². The topological polar surface area (TPSA) is 0 Å². The molecule has 2 unspecified atom stereocenters. The Kier molecular flexibility index (Phi) is 5.26. The molecule has 4 aromatic rings. The van der Waals surface area contributed by atoms with Crippen molar-refractivity contribution in [1.29, 1.82) is 0 Å². The molecule has 2 heteroatoms. The van der Waals surface area contributed by atoms with Gasteiger partial charge >= 0.3 is 0 Å². The zero-order chi connectivity index (χ0) is 21.3. The lowest BCUT2D eigenvalue weighted by Gasteiger charge is -2.20. The van der Waals surface area contributed by atoms with E-state index in [4.69, 9.17) is 0 Å². The number of hydrogen-bond donors (Lipinski definition) is 0. The summed E-state index contributed by atoms with van der Waals surface area (Å²) in [7, 11) is 0. The Morgan fingerprint density at radius 2 is 0.844 bits per heavy atom. The third-order valence-corrected chi connectivity index (χ3v) is 8.68. The molecular formula is C30H22S2. The summed E-state index contributed by atoms with van der Waals surface area (Å²) in [4.78, 5) is 2.72. The van der Waals surface area contributed by atoms with Gasteiger partial charge in [0.2, 0.25) is 0 Å². The van der Waals surface area contributed by atoms with Crippen molar-refractivity contribution in [2.45, 2.75) is 20.3 Å². The van der Waals surface area contributed by atoms with E-state index in [0.29, 0.717) is 10.5 Å². The smallest absolute Gasteiger partial charge is 0.0528 e.